The number of likely N-dealkylation sites (tertiary alicyclic amines) is 1. The summed E-state index contributed by atoms with van der Waals surface area (Å²) < 4.78 is 39.6. The van der Waals surface area contributed by atoms with Crippen LogP contribution in [0.25, 0.3) is 10.2 Å². The first-order valence-electron chi connectivity index (χ1n) is 11.9. The Labute approximate surface area is 220 Å². The zero-order chi connectivity index (χ0) is 26.0. The highest BCUT2D eigenvalue weighted by molar-refractivity contribution is 7.92. The van der Waals surface area contributed by atoms with E-state index in [0.29, 0.717) is 42.4 Å². The van der Waals surface area contributed by atoms with Gasteiger partial charge in [-0.1, -0.05) is 29.5 Å². The third-order valence-electron chi connectivity index (χ3n) is 6.45. The van der Waals surface area contributed by atoms with E-state index >= 15 is 0 Å². The summed E-state index contributed by atoms with van der Waals surface area (Å²) in [6.45, 7) is 1.11. The van der Waals surface area contributed by atoms with Gasteiger partial charge in [0.2, 0.25) is 0 Å². The van der Waals surface area contributed by atoms with Crippen molar-refractivity contribution in [2.45, 2.75) is 23.8 Å². The van der Waals surface area contributed by atoms with Gasteiger partial charge in [0.25, 0.3) is 21.1 Å². The van der Waals surface area contributed by atoms with Gasteiger partial charge in [0.15, 0.2) is 0 Å². The second-order valence-electron chi connectivity index (χ2n) is 8.76. The monoisotopic (exact) mass is 537 g/mol. The Kier molecular flexibility index (Phi) is 7.03. The van der Waals surface area contributed by atoms with Crippen molar-refractivity contribution in [1.29, 1.82) is 0 Å². The van der Waals surface area contributed by atoms with Crippen LogP contribution in [-0.4, -0.2) is 57.6 Å². The Morgan fingerprint density at radius 2 is 1.73 bits per heavy atom. The molecule has 0 unspecified atom stereocenters. The molecule has 5 rings (SSSR count). The van der Waals surface area contributed by atoms with Crippen molar-refractivity contribution < 1.29 is 22.7 Å². The molecule has 10 heteroatoms. The van der Waals surface area contributed by atoms with Crippen LogP contribution < -0.4 is 13.8 Å². The molecule has 8 nitrogen and oxygen atoms in total. The number of benzene rings is 3. The molecule has 0 radical (unpaired) electrons. The smallest absolute Gasteiger partial charge is 0.274 e. The van der Waals surface area contributed by atoms with Crippen LogP contribution in [0.2, 0.25) is 0 Å². The van der Waals surface area contributed by atoms with E-state index in [1.165, 1.54) is 34.8 Å². The molecule has 37 heavy (non-hydrogen) atoms. The number of ether oxygens (including phenoxy) is 2. The number of nitrogens with zero attached hydrogens (tertiary/aromatic N) is 3. The molecule has 192 valence electrons. The number of piperidine rings is 1. The van der Waals surface area contributed by atoms with Gasteiger partial charge in [0.05, 0.1) is 27.9 Å². The van der Waals surface area contributed by atoms with Gasteiger partial charge in [0, 0.05) is 38.5 Å². The van der Waals surface area contributed by atoms with Crippen LogP contribution in [0.3, 0.4) is 0 Å². The van der Waals surface area contributed by atoms with Crippen LogP contribution in [0.5, 0.6) is 10.9 Å². The number of hydrogen-bond donors (Lipinski definition) is 0. The lowest BCUT2D eigenvalue weighted by Gasteiger charge is -2.31. The van der Waals surface area contributed by atoms with Crippen molar-refractivity contribution in [3.8, 4) is 10.9 Å². The molecule has 0 aliphatic carbocycles. The third-order valence-corrected chi connectivity index (χ3v) is 9.16. The van der Waals surface area contributed by atoms with Gasteiger partial charge in [-0.05, 0) is 54.6 Å². The highest BCUT2D eigenvalue weighted by Gasteiger charge is 2.27. The predicted molar refractivity (Wildman–Crippen MR) is 144 cm³/mol. The number of fused-ring (bicyclic) bond motifs is 1. The summed E-state index contributed by atoms with van der Waals surface area (Å²) in [4.78, 5) is 19.5. The standard InChI is InChI=1S/C27H27N3O5S2/c1-29(20-6-4-3-5-7-20)37(32,33)23-11-8-19(9-12-23)26(31)30-16-14-21(15-17-30)35-27-28-24-13-10-22(34-2)18-25(24)36-27/h3-13,18,21H,14-17H2,1-2H3. The SMILES string of the molecule is COc1ccc2nc(OC3CCN(C(=O)c4ccc(S(=O)(=O)N(C)c5ccccc5)cc4)CC3)sc2c1. The van der Waals surface area contributed by atoms with Gasteiger partial charge in [-0.15, -0.1) is 0 Å². The molecule has 3 aromatic carbocycles. The molecule has 0 spiro atoms. The van der Waals surface area contributed by atoms with Crippen LogP contribution >= 0.6 is 11.3 Å². The second kappa shape index (κ2) is 10.4. The molecule has 4 aromatic rings. The van der Waals surface area contributed by atoms with Gasteiger partial charge < -0.3 is 14.4 Å². The highest BCUT2D eigenvalue weighted by Crippen LogP contribution is 2.32. The number of methoxy groups -OCH3 is 1. The third kappa shape index (κ3) is 5.26. The van der Waals surface area contributed by atoms with Crippen LogP contribution in [0.1, 0.15) is 23.2 Å². The number of carbonyl (C=O) groups is 1. The minimum Gasteiger partial charge on any atom is -0.497 e. The van der Waals surface area contributed by atoms with Gasteiger partial charge in [-0.3, -0.25) is 9.10 Å². The first-order chi connectivity index (χ1) is 17.8. The molecule has 1 aromatic heterocycles. The molecule has 1 fully saturated rings. The van der Waals surface area contributed by atoms with Gasteiger partial charge in [-0.25, -0.2) is 13.4 Å². The van der Waals surface area contributed by atoms with E-state index in [2.05, 4.69) is 4.98 Å². The summed E-state index contributed by atoms with van der Waals surface area (Å²) in [5.41, 5.74) is 1.90. The normalized spacial score (nSPS) is 14.5. The molecule has 1 aliphatic rings. The average Bonchev–Trinajstić information content (AvgIpc) is 3.34. The summed E-state index contributed by atoms with van der Waals surface area (Å²) in [5, 5.41) is 0.616. The van der Waals surface area contributed by atoms with Crippen LogP contribution in [0.15, 0.2) is 77.7 Å². The van der Waals surface area contributed by atoms with E-state index in [0.717, 1.165) is 16.0 Å². The maximum Gasteiger partial charge on any atom is 0.274 e. The lowest BCUT2D eigenvalue weighted by molar-refractivity contribution is 0.0595. The van der Waals surface area contributed by atoms with E-state index < -0.39 is 10.0 Å². The first kappa shape index (κ1) is 25.0. The van der Waals surface area contributed by atoms with Crippen molar-refractivity contribution in [2.75, 3.05) is 31.6 Å². The van der Waals surface area contributed by atoms with E-state index in [1.807, 2.05) is 24.3 Å². The van der Waals surface area contributed by atoms with Crippen LogP contribution in [-0.2, 0) is 10.0 Å². The lowest BCUT2D eigenvalue weighted by atomic mass is 10.1. The lowest BCUT2D eigenvalue weighted by Crippen LogP contribution is -2.41. The predicted octanol–water partition coefficient (Wildman–Crippen LogP) is 4.81. The number of para-hydroxylation sites is 1. The molecule has 0 saturated carbocycles. The Morgan fingerprint density at radius 3 is 2.41 bits per heavy atom. The van der Waals surface area contributed by atoms with Crippen LogP contribution in [0.4, 0.5) is 5.69 Å². The van der Waals surface area contributed by atoms with Crippen molar-refractivity contribution in [3.05, 3.63) is 78.4 Å². The molecule has 0 atom stereocenters. The number of amides is 1. The minimum atomic E-state index is -3.73. The summed E-state index contributed by atoms with van der Waals surface area (Å²) in [6, 6.07) is 20.7. The summed E-state index contributed by atoms with van der Waals surface area (Å²) in [7, 11) is -0.581. The fourth-order valence-electron chi connectivity index (χ4n) is 4.27. The molecule has 0 N–H and O–H groups in total. The fourth-order valence-corrected chi connectivity index (χ4v) is 6.37. The first-order valence-corrected chi connectivity index (χ1v) is 14.2. The molecule has 1 amide bonds. The summed E-state index contributed by atoms with van der Waals surface area (Å²) in [5.74, 6) is 0.661. The number of aromatic nitrogens is 1. The second-order valence-corrected chi connectivity index (χ2v) is 11.7. The summed E-state index contributed by atoms with van der Waals surface area (Å²) >= 11 is 1.48. The van der Waals surface area contributed by atoms with Gasteiger partial charge in [-0.2, -0.15) is 0 Å². The van der Waals surface area contributed by atoms with Crippen molar-refractivity contribution in [2.24, 2.45) is 0 Å². The van der Waals surface area contributed by atoms with Gasteiger partial charge in [0.1, 0.15) is 11.9 Å². The number of anilines is 1. The Balaban J connectivity index is 1.19. The van der Waals surface area contributed by atoms with E-state index in [4.69, 9.17) is 9.47 Å². The molecule has 1 saturated heterocycles. The Morgan fingerprint density at radius 1 is 1.03 bits per heavy atom. The topological polar surface area (TPSA) is 89.0 Å². The summed E-state index contributed by atoms with van der Waals surface area (Å²) in [6.07, 6.45) is 1.37. The molecular formula is C27H27N3O5S2. The number of thiazole rings is 1. The molecule has 0 bridgehead atoms. The fraction of sp³-hybridized carbons (Fsp3) is 0.259. The number of rotatable bonds is 7. The highest BCUT2D eigenvalue weighted by atomic mass is 32.2. The minimum absolute atomic E-state index is 0.0208. The number of hydrogen-bond acceptors (Lipinski definition) is 7. The maximum atomic E-state index is 13.1. The molecular weight excluding hydrogens is 510 g/mol. The van der Waals surface area contributed by atoms with Crippen molar-refractivity contribution in [1.82, 2.24) is 9.88 Å². The Bertz CT molecular complexity index is 1500. The van der Waals surface area contributed by atoms with Crippen molar-refractivity contribution >= 4 is 43.2 Å². The van der Waals surface area contributed by atoms with Gasteiger partial charge >= 0.3 is 0 Å². The van der Waals surface area contributed by atoms with E-state index in [-0.39, 0.29) is 16.9 Å². The van der Waals surface area contributed by atoms with Crippen LogP contribution in [0, 0.1) is 0 Å². The zero-order valence-corrected chi connectivity index (χ0v) is 22.2. The average molecular weight is 538 g/mol. The Hall–Kier alpha value is -3.63. The maximum absolute atomic E-state index is 13.1. The quantitative estimate of drug-likeness (QED) is 0.336. The largest absolute Gasteiger partial charge is 0.497 e. The number of carbonyl (C=O) groups excluding carboxylic acids is 1. The molecule has 1 aliphatic heterocycles. The molecule has 2 heterocycles. The van der Waals surface area contributed by atoms with E-state index in [9.17, 15) is 13.2 Å². The number of sulfonamides is 1. The zero-order valence-electron chi connectivity index (χ0n) is 20.5. The van der Waals surface area contributed by atoms with Crippen molar-refractivity contribution in [3.63, 3.8) is 0 Å². The van der Waals surface area contributed by atoms with E-state index in [1.54, 1.807) is 48.4 Å².